The van der Waals surface area contributed by atoms with E-state index in [-0.39, 0.29) is 16.2 Å². The number of fused-ring (bicyclic) bond motifs is 19. The Hall–Kier alpha value is -18.4. The van der Waals surface area contributed by atoms with Gasteiger partial charge in [0.25, 0.3) is 0 Å². The molecule has 0 N–H and O–H groups in total. The Labute approximate surface area is 854 Å². The fourth-order valence-electron chi connectivity index (χ4n) is 23.0. The van der Waals surface area contributed by atoms with E-state index in [1.54, 1.807) is 0 Å². The molecule has 3 aliphatic rings. The van der Waals surface area contributed by atoms with Gasteiger partial charge in [-0.1, -0.05) is 375 Å². The molecular formula is C134H93N11OS. The van der Waals surface area contributed by atoms with E-state index in [1.807, 2.05) is 84.7 Å². The third-order valence-electron chi connectivity index (χ3n) is 30.1. The summed E-state index contributed by atoms with van der Waals surface area (Å²) in [6.07, 6.45) is 7.33. The van der Waals surface area contributed by atoms with Crippen LogP contribution in [0.2, 0.25) is 0 Å². The van der Waals surface area contributed by atoms with Gasteiger partial charge in [-0.15, -0.1) is 11.3 Å². The number of imidazole rings is 1. The number of furan rings is 1. The number of benzene rings is 17. The van der Waals surface area contributed by atoms with Crippen LogP contribution in [0.25, 0.3) is 244 Å². The molecule has 0 saturated carbocycles. The van der Waals surface area contributed by atoms with Crippen LogP contribution in [-0.2, 0) is 16.2 Å². The van der Waals surface area contributed by atoms with E-state index >= 15 is 0 Å². The third kappa shape index (κ3) is 14.7. The molecule has 9 aromatic heterocycles. The van der Waals surface area contributed by atoms with Gasteiger partial charge in [0.2, 0.25) is 0 Å². The zero-order chi connectivity index (χ0) is 98.3. The van der Waals surface area contributed by atoms with E-state index in [1.165, 1.54) is 92.0 Å². The average Bonchev–Trinajstić information content (AvgIpc) is 1.56. The Balaban J connectivity index is 0.000000110. The maximum atomic E-state index is 6.39. The average molecular weight is 1910 g/mol. The first-order chi connectivity index (χ1) is 72.2. The first kappa shape index (κ1) is 87.6. The van der Waals surface area contributed by atoms with Crippen molar-refractivity contribution >= 4 is 86.3 Å². The summed E-state index contributed by atoms with van der Waals surface area (Å²) in [5.74, 6) is 3.06. The predicted molar refractivity (Wildman–Crippen MR) is 603 cm³/mol. The number of nitrogens with zero attached hydrogens (tertiary/aromatic N) is 11. The fraction of sp³-hybridized carbons (Fsp3) is 0.0672. The van der Waals surface area contributed by atoms with Gasteiger partial charge in [-0.2, -0.15) is 0 Å². The van der Waals surface area contributed by atoms with Gasteiger partial charge in [-0.25, -0.2) is 34.9 Å². The predicted octanol–water partition coefficient (Wildman–Crippen LogP) is 34.2. The lowest BCUT2D eigenvalue weighted by molar-refractivity contribution is 0.657. The molecule has 26 aromatic rings. The van der Waals surface area contributed by atoms with E-state index in [0.29, 0.717) is 11.6 Å². The largest absolute Gasteiger partial charge is 0.455 e. The molecule has 9 heterocycles. The molecule has 12 nitrogen and oxygen atoms in total. The monoisotopic (exact) mass is 1900 g/mol. The van der Waals surface area contributed by atoms with Crippen LogP contribution >= 0.6 is 11.3 Å². The van der Waals surface area contributed by atoms with Crippen LogP contribution in [-0.4, -0.2) is 54.0 Å². The first-order valence-electron chi connectivity index (χ1n) is 50.0. The highest BCUT2D eigenvalue weighted by atomic mass is 32.1. The number of pyridine rings is 2. The number of hydrogen-bond acceptors (Lipinski definition) is 11. The second-order valence-electron chi connectivity index (χ2n) is 39.8. The highest BCUT2D eigenvalue weighted by Crippen LogP contribution is 2.57. The normalized spacial score (nSPS) is 13.1. The van der Waals surface area contributed by atoms with Gasteiger partial charge in [-0.3, -0.25) is 14.5 Å². The quantitative estimate of drug-likeness (QED) is 0.110. The molecule has 17 aromatic carbocycles. The molecule has 29 rings (SSSR count). The third-order valence-corrected chi connectivity index (χ3v) is 31.3. The van der Waals surface area contributed by atoms with Crippen molar-refractivity contribution in [1.29, 1.82) is 0 Å². The molecule has 0 amide bonds. The van der Waals surface area contributed by atoms with Gasteiger partial charge < -0.3 is 8.98 Å². The summed E-state index contributed by atoms with van der Waals surface area (Å²) in [6, 6.07) is 152. The van der Waals surface area contributed by atoms with Crippen molar-refractivity contribution in [1.82, 2.24) is 54.0 Å². The summed E-state index contributed by atoms with van der Waals surface area (Å²) in [6.45, 7) is 13.7. The number of para-hydroxylation sites is 7. The van der Waals surface area contributed by atoms with E-state index in [0.717, 1.165) is 174 Å². The van der Waals surface area contributed by atoms with Crippen molar-refractivity contribution in [3.63, 3.8) is 0 Å². The summed E-state index contributed by atoms with van der Waals surface area (Å²) in [7, 11) is 0. The highest BCUT2D eigenvalue weighted by Gasteiger charge is 2.44. The highest BCUT2D eigenvalue weighted by molar-refractivity contribution is 7.26. The lowest BCUT2D eigenvalue weighted by atomic mass is 9.80. The van der Waals surface area contributed by atoms with Crippen molar-refractivity contribution in [3.05, 3.63) is 489 Å². The smallest absolute Gasteiger partial charge is 0.160 e. The summed E-state index contributed by atoms with van der Waals surface area (Å²) >= 11 is 1.86. The fourth-order valence-corrected chi connectivity index (χ4v) is 24.3. The zero-order valence-corrected chi connectivity index (χ0v) is 82.4. The molecule has 3 aliphatic carbocycles. The van der Waals surface area contributed by atoms with Crippen LogP contribution in [0.4, 0.5) is 0 Å². The van der Waals surface area contributed by atoms with Gasteiger partial charge in [0, 0.05) is 172 Å². The number of rotatable bonds is 13. The topological polar surface area (TPSA) is 139 Å². The maximum Gasteiger partial charge on any atom is 0.160 e. The van der Waals surface area contributed by atoms with E-state index in [2.05, 4.69) is 443 Å². The van der Waals surface area contributed by atoms with Crippen molar-refractivity contribution in [2.24, 2.45) is 0 Å². The minimum Gasteiger partial charge on any atom is -0.455 e. The lowest BCUT2D eigenvalue weighted by Crippen LogP contribution is -2.17. The first-order valence-corrected chi connectivity index (χ1v) is 50.8. The van der Waals surface area contributed by atoms with Crippen molar-refractivity contribution < 1.29 is 4.42 Å². The van der Waals surface area contributed by atoms with Crippen molar-refractivity contribution in [3.8, 4) is 169 Å². The summed E-state index contributed by atoms with van der Waals surface area (Å²) < 4.78 is 13.6. The Morgan fingerprint density at radius 2 is 0.592 bits per heavy atom. The van der Waals surface area contributed by atoms with Gasteiger partial charge in [0.1, 0.15) is 17.0 Å². The summed E-state index contributed by atoms with van der Waals surface area (Å²) in [5, 5.41) is 7.32. The van der Waals surface area contributed by atoms with Crippen LogP contribution in [0.3, 0.4) is 0 Å². The van der Waals surface area contributed by atoms with Gasteiger partial charge in [0.05, 0.1) is 56.2 Å². The second kappa shape index (κ2) is 35.0. The molecule has 0 aliphatic heterocycles. The summed E-state index contributed by atoms with van der Waals surface area (Å²) in [5.41, 5.74) is 40.6. The minimum absolute atomic E-state index is 0.234. The van der Waals surface area contributed by atoms with E-state index < -0.39 is 0 Å². The molecular weight excluding hydrogens is 1810 g/mol. The molecule has 696 valence electrons. The Morgan fingerprint density at radius 1 is 0.231 bits per heavy atom. The SMILES string of the molecule is CC1(C)c2ccccc2-c2nc(-c3cccc(-c4cccc5c4oc4ccccc45)c3)nc(-c3ccc(-c4ccncc4)cc3)c21.CC1(C)c2ccccc2-c2nc(-c3cccc(-c4cccc5c4sc4ccccc45)c3)nc(-c3ccc(-c4ccncc4)cc3)c21.CC1(C)c2ccccc2-c2nc(-c3cccc(-n4c5ccccc5c5ccccc54)c3)nc(-c3ccc(-c4nc5ccccc5n4-c4ccccc4)cc3)c21. The van der Waals surface area contributed by atoms with Crippen LogP contribution in [0.1, 0.15) is 74.9 Å². The second-order valence-corrected chi connectivity index (χ2v) is 40.9. The zero-order valence-electron chi connectivity index (χ0n) is 81.5. The number of hydrogen-bond donors (Lipinski definition) is 0. The molecule has 0 spiro atoms. The molecule has 0 atom stereocenters. The summed E-state index contributed by atoms with van der Waals surface area (Å²) in [4.78, 5) is 45.7. The van der Waals surface area contributed by atoms with Crippen molar-refractivity contribution in [2.75, 3.05) is 0 Å². The van der Waals surface area contributed by atoms with E-state index in [9.17, 15) is 0 Å². The molecule has 0 radical (unpaired) electrons. The number of thiophene rings is 1. The van der Waals surface area contributed by atoms with Crippen LogP contribution in [0.15, 0.2) is 460 Å². The minimum atomic E-state index is -0.287. The Kier molecular flexibility index (Phi) is 20.9. The number of aromatic nitrogens is 11. The van der Waals surface area contributed by atoms with Crippen LogP contribution < -0.4 is 0 Å². The van der Waals surface area contributed by atoms with Crippen LogP contribution in [0, 0.1) is 0 Å². The van der Waals surface area contributed by atoms with Gasteiger partial charge in [0.15, 0.2) is 17.5 Å². The van der Waals surface area contributed by atoms with Crippen LogP contribution in [0.5, 0.6) is 0 Å². The molecule has 0 unspecified atom stereocenters. The Morgan fingerprint density at radius 3 is 1.12 bits per heavy atom. The van der Waals surface area contributed by atoms with Crippen molar-refractivity contribution in [2.45, 2.75) is 57.8 Å². The van der Waals surface area contributed by atoms with Gasteiger partial charge >= 0.3 is 0 Å². The molecule has 13 heteroatoms. The standard InChI is InChI=1S/C50H35N5.C42H29N3O.C42H29N3S/c1-50(2)40-22-9-6-21-39(40)47-45(50)46(32-27-29-33(30-28-32)49-51-41-23-10-13-26-44(41)55(49)35-16-4-3-5-17-35)52-48(53-47)34-15-14-18-36(31-34)54-42-24-11-7-19-37(42)38-20-8-12-25-43(38)54;2*1-42(2)35-15-5-3-12-34(35)39-37(42)38(28-19-17-26(18-20-28)27-21-23-43-24-22-27)44-41(45-39)30-10-7-9-29(25-30)31-13-8-14-33-32-11-4-6-16-36(32)46-40(31)33/h3-31H,1-2H3;2*3-25H,1-2H3. The molecule has 147 heavy (non-hydrogen) atoms. The molecule has 0 bridgehead atoms. The van der Waals surface area contributed by atoms with E-state index in [4.69, 9.17) is 39.3 Å². The maximum absolute atomic E-state index is 6.39. The molecule has 0 fully saturated rings. The Bertz CT molecular complexity index is 9360. The lowest BCUT2D eigenvalue weighted by Gasteiger charge is -2.24. The molecule has 0 saturated heterocycles. The van der Waals surface area contributed by atoms with Gasteiger partial charge in [-0.05, 0) is 153 Å².